The minimum absolute atomic E-state index is 0.0709. The van der Waals surface area contributed by atoms with Gasteiger partial charge in [-0.2, -0.15) is 0 Å². The molecule has 0 spiro atoms. The Morgan fingerprint density at radius 1 is 1.15 bits per heavy atom. The summed E-state index contributed by atoms with van der Waals surface area (Å²) < 4.78 is 32.9. The second-order valence-corrected chi connectivity index (χ2v) is 5.86. The van der Waals surface area contributed by atoms with Crippen LogP contribution in [-0.4, -0.2) is 30.4 Å². The van der Waals surface area contributed by atoms with Crippen LogP contribution in [0.15, 0.2) is 12.1 Å². The van der Waals surface area contributed by atoms with E-state index in [9.17, 15) is 13.9 Å². The van der Waals surface area contributed by atoms with E-state index >= 15 is 0 Å². The average Bonchev–Trinajstić information content (AvgIpc) is 2.86. The fourth-order valence-corrected chi connectivity index (χ4v) is 3.31. The molecule has 1 aliphatic carbocycles. The van der Waals surface area contributed by atoms with E-state index in [2.05, 4.69) is 5.32 Å². The Kier molecular flexibility index (Phi) is 3.65. The van der Waals surface area contributed by atoms with Gasteiger partial charge in [-0.1, -0.05) is 0 Å². The molecular weight excluding hydrogens is 264 g/mol. The van der Waals surface area contributed by atoms with E-state index in [0.29, 0.717) is 24.7 Å². The molecule has 2 aliphatic rings. The summed E-state index contributed by atoms with van der Waals surface area (Å²) in [6.45, 7) is 3.31. The number of nitrogens with one attached hydrogen (secondary N) is 1. The molecular formula is C15H19F2NO2. The molecule has 2 fully saturated rings. The Labute approximate surface area is 116 Å². The van der Waals surface area contributed by atoms with Crippen molar-refractivity contribution in [3.05, 3.63) is 29.3 Å². The Morgan fingerprint density at radius 3 is 2.55 bits per heavy atom. The Bertz CT molecular complexity index is 509. The monoisotopic (exact) mass is 283 g/mol. The molecule has 2 N–H and O–H groups in total. The maximum Gasteiger partial charge on any atom is 0.165 e. The molecule has 0 amide bonds. The van der Waals surface area contributed by atoms with Crippen molar-refractivity contribution in [3.63, 3.8) is 0 Å². The normalized spacial score (nSPS) is 33.0. The number of hydrogen-bond donors (Lipinski definition) is 2. The van der Waals surface area contributed by atoms with Crippen molar-refractivity contribution in [2.75, 3.05) is 13.1 Å². The van der Waals surface area contributed by atoms with Crippen LogP contribution in [0.25, 0.3) is 0 Å². The van der Waals surface area contributed by atoms with Crippen LogP contribution >= 0.6 is 0 Å². The van der Waals surface area contributed by atoms with Gasteiger partial charge in [-0.3, -0.25) is 0 Å². The molecule has 3 rings (SSSR count). The number of aliphatic hydroxyl groups is 1. The summed E-state index contributed by atoms with van der Waals surface area (Å²) in [4.78, 5) is 0. The summed E-state index contributed by atoms with van der Waals surface area (Å²) >= 11 is 0. The molecule has 1 saturated heterocycles. The Hall–Kier alpha value is -1.20. The number of hydrogen-bond acceptors (Lipinski definition) is 3. The quantitative estimate of drug-likeness (QED) is 0.872. The molecule has 1 aromatic carbocycles. The van der Waals surface area contributed by atoms with Crippen molar-refractivity contribution >= 4 is 0 Å². The molecule has 5 heteroatoms. The minimum atomic E-state index is -0.627. The first-order valence-electron chi connectivity index (χ1n) is 7.06. The van der Waals surface area contributed by atoms with Gasteiger partial charge in [0.05, 0.1) is 6.10 Å². The van der Waals surface area contributed by atoms with Crippen LogP contribution in [0.3, 0.4) is 0 Å². The van der Waals surface area contributed by atoms with Gasteiger partial charge >= 0.3 is 0 Å². The molecule has 20 heavy (non-hydrogen) atoms. The van der Waals surface area contributed by atoms with E-state index in [4.69, 9.17) is 4.74 Å². The largest absolute Gasteiger partial charge is 0.484 e. The first-order chi connectivity index (χ1) is 9.56. The van der Waals surface area contributed by atoms with Gasteiger partial charge < -0.3 is 15.2 Å². The van der Waals surface area contributed by atoms with Crippen LogP contribution in [-0.2, 0) is 0 Å². The highest BCUT2D eigenvalue weighted by molar-refractivity contribution is 5.35. The zero-order valence-corrected chi connectivity index (χ0v) is 11.4. The van der Waals surface area contributed by atoms with E-state index in [1.54, 1.807) is 0 Å². The molecule has 1 saturated carbocycles. The number of rotatable bonds is 2. The van der Waals surface area contributed by atoms with Crippen LogP contribution in [0.1, 0.15) is 18.4 Å². The Balaban J connectivity index is 1.79. The molecule has 0 radical (unpaired) electrons. The summed E-state index contributed by atoms with van der Waals surface area (Å²) in [5.74, 6) is -0.239. The molecule has 4 atom stereocenters. The summed E-state index contributed by atoms with van der Waals surface area (Å²) in [5.41, 5.74) is 0.156. The predicted molar refractivity (Wildman–Crippen MR) is 70.6 cm³/mol. The van der Waals surface area contributed by atoms with Crippen molar-refractivity contribution in [1.29, 1.82) is 0 Å². The van der Waals surface area contributed by atoms with Crippen LogP contribution in [0.4, 0.5) is 8.78 Å². The summed E-state index contributed by atoms with van der Waals surface area (Å²) in [5, 5.41) is 13.5. The fraction of sp³-hybridized carbons (Fsp3) is 0.600. The molecule has 110 valence electrons. The van der Waals surface area contributed by atoms with Crippen molar-refractivity contribution in [1.82, 2.24) is 5.32 Å². The maximum atomic E-state index is 13.8. The topological polar surface area (TPSA) is 41.5 Å². The number of benzene rings is 1. The highest BCUT2D eigenvalue weighted by atomic mass is 19.1. The molecule has 1 heterocycles. The fourth-order valence-electron chi connectivity index (χ4n) is 3.31. The summed E-state index contributed by atoms with van der Waals surface area (Å²) in [6.07, 6.45) is 0.233. The van der Waals surface area contributed by atoms with Crippen molar-refractivity contribution in [3.8, 4) is 5.75 Å². The SMILES string of the molecule is Cc1c(F)ccc(F)c1O[C@@H]1C[C@@H]2CNC[C@@H]2C[C@H]1O. The number of halogens is 2. The molecule has 3 nitrogen and oxygen atoms in total. The van der Waals surface area contributed by atoms with Gasteiger partial charge in [0.15, 0.2) is 11.6 Å². The lowest BCUT2D eigenvalue weighted by atomic mass is 9.78. The van der Waals surface area contributed by atoms with E-state index in [-0.39, 0.29) is 11.3 Å². The van der Waals surface area contributed by atoms with Crippen molar-refractivity contribution in [2.24, 2.45) is 11.8 Å². The van der Waals surface area contributed by atoms with E-state index in [1.165, 1.54) is 6.92 Å². The van der Waals surface area contributed by atoms with Gasteiger partial charge in [-0.05, 0) is 56.8 Å². The number of ether oxygens (including phenoxy) is 1. The molecule has 0 unspecified atom stereocenters. The van der Waals surface area contributed by atoms with E-state index in [1.807, 2.05) is 0 Å². The van der Waals surface area contributed by atoms with Gasteiger partial charge in [-0.25, -0.2) is 8.78 Å². The zero-order chi connectivity index (χ0) is 14.3. The van der Waals surface area contributed by atoms with Crippen molar-refractivity contribution < 1.29 is 18.6 Å². The van der Waals surface area contributed by atoms with Gasteiger partial charge in [0.2, 0.25) is 0 Å². The van der Waals surface area contributed by atoms with Gasteiger partial charge in [0, 0.05) is 5.56 Å². The molecule has 1 aliphatic heterocycles. The third-order valence-corrected chi connectivity index (χ3v) is 4.55. The van der Waals surface area contributed by atoms with Gasteiger partial charge in [-0.15, -0.1) is 0 Å². The molecule has 0 bridgehead atoms. The minimum Gasteiger partial charge on any atom is -0.484 e. The third-order valence-electron chi connectivity index (χ3n) is 4.55. The lowest BCUT2D eigenvalue weighted by molar-refractivity contribution is -0.0250. The van der Waals surface area contributed by atoms with E-state index in [0.717, 1.165) is 25.2 Å². The second-order valence-electron chi connectivity index (χ2n) is 5.86. The average molecular weight is 283 g/mol. The number of fused-ring (bicyclic) bond motifs is 1. The maximum absolute atomic E-state index is 13.8. The Morgan fingerprint density at radius 2 is 1.80 bits per heavy atom. The summed E-state index contributed by atoms with van der Waals surface area (Å²) in [6, 6.07) is 2.15. The molecule has 0 aromatic heterocycles. The predicted octanol–water partition coefficient (Wildman–Crippen LogP) is 2.01. The van der Waals surface area contributed by atoms with Crippen LogP contribution in [0, 0.1) is 30.4 Å². The lowest BCUT2D eigenvalue weighted by Gasteiger charge is -2.35. The van der Waals surface area contributed by atoms with Crippen LogP contribution < -0.4 is 10.1 Å². The number of aliphatic hydroxyl groups excluding tert-OH is 1. The molecule has 1 aromatic rings. The van der Waals surface area contributed by atoms with Crippen LogP contribution in [0.5, 0.6) is 5.75 Å². The smallest absolute Gasteiger partial charge is 0.165 e. The zero-order valence-electron chi connectivity index (χ0n) is 11.4. The first-order valence-corrected chi connectivity index (χ1v) is 7.06. The van der Waals surface area contributed by atoms with Gasteiger partial charge in [0.25, 0.3) is 0 Å². The highest BCUT2D eigenvalue weighted by Crippen LogP contribution is 2.36. The van der Waals surface area contributed by atoms with Crippen molar-refractivity contribution in [2.45, 2.75) is 32.0 Å². The summed E-state index contributed by atoms with van der Waals surface area (Å²) in [7, 11) is 0. The van der Waals surface area contributed by atoms with Crippen LogP contribution in [0.2, 0.25) is 0 Å². The van der Waals surface area contributed by atoms with E-state index < -0.39 is 23.8 Å². The highest BCUT2D eigenvalue weighted by Gasteiger charge is 2.40. The van der Waals surface area contributed by atoms with Gasteiger partial charge in [0.1, 0.15) is 11.9 Å². The standard InChI is InChI=1S/C15H19F2NO2/c1-8-11(16)2-3-12(17)15(8)20-14-5-10-7-18-6-9(10)4-13(14)19/h2-3,9-10,13-14,18-19H,4-7H2,1H3/t9-,10+,13+,14+/m0/s1. The third kappa shape index (κ3) is 2.40. The first kappa shape index (κ1) is 13.8. The second kappa shape index (κ2) is 5.30. The lowest BCUT2D eigenvalue weighted by Crippen LogP contribution is -2.42.